The van der Waals surface area contributed by atoms with Crippen molar-refractivity contribution in [2.45, 2.75) is 62.1 Å². The number of piperazine rings is 1. The molecule has 272 valence electrons. The van der Waals surface area contributed by atoms with Gasteiger partial charge in [0.15, 0.2) is 11.6 Å². The van der Waals surface area contributed by atoms with E-state index in [-0.39, 0.29) is 41.3 Å². The van der Waals surface area contributed by atoms with Crippen molar-refractivity contribution in [2.75, 3.05) is 61.0 Å². The fraction of sp³-hybridized carbons (Fsp3) is 0.447. The van der Waals surface area contributed by atoms with Crippen molar-refractivity contribution in [3.63, 3.8) is 0 Å². The molecule has 8 N–H and O–H groups in total. The van der Waals surface area contributed by atoms with Gasteiger partial charge in [0, 0.05) is 62.4 Å². The summed E-state index contributed by atoms with van der Waals surface area (Å²) in [5.74, 6) is 1.05. The van der Waals surface area contributed by atoms with Crippen molar-refractivity contribution in [3.05, 3.63) is 60.2 Å². The maximum absolute atomic E-state index is 12.1. The molecule has 1 saturated carbocycles. The predicted molar refractivity (Wildman–Crippen MR) is 199 cm³/mol. The van der Waals surface area contributed by atoms with Crippen LogP contribution >= 0.6 is 0 Å². The van der Waals surface area contributed by atoms with E-state index in [1.54, 1.807) is 31.3 Å². The second-order valence-electron chi connectivity index (χ2n) is 14.9. The van der Waals surface area contributed by atoms with E-state index in [2.05, 4.69) is 40.4 Å². The number of amides is 1. The number of aliphatic hydroxyl groups is 1. The number of aromatic nitrogens is 4. The number of anilines is 4. The standard InChI is InChI=1S/C38H46N10O4/c1-41-35(51)21-48-25-9-10-26(48)20-47(19-25)32-16-30(43-45-37(32)40)28-11-7-22(14-34(28)50)23-6-8-24-18-46(13-12-38(24,52)17-23)31-15-29(42-44-36(31)39)27-4-2-3-5-33(27)49/h2-5,7,11,14-16,23-26,49-50,52H,6,8-10,12-13,17-21H2,1H3,(H2,39,44)(H2,40,45)(H,41,51)/t23?,24-,25?,26?,38-/m1/s1. The molecule has 3 unspecified atom stereocenters. The fourth-order valence-electron chi connectivity index (χ4n) is 9.07. The van der Waals surface area contributed by atoms with Gasteiger partial charge in [0.2, 0.25) is 5.91 Å². The maximum Gasteiger partial charge on any atom is 0.233 e. The van der Waals surface area contributed by atoms with Gasteiger partial charge in [-0.15, -0.1) is 20.4 Å². The van der Waals surface area contributed by atoms with Crippen LogP contribution in [-0.2, 0) is 4.79 Å². The van der Waals surface area contributed by atoms with Crippen LogP contribution < -0.4 is 26.6 Å². The zero-order chi connectivity index (χ0) is 36.1. The first-order chi connectivity index (χ1) is 25.1. The molecule has 5 atom stereocenters. The zero-order valence-electron chi connectivity index (χ0n) is 29.3. The van der Waals surface area contributed by atoms with Gasteiger partial charge < -0.3 is 41.9 Å². The van der Waals surface area contributed by atoms with Crippen molar-refractivity contribution < 1.29 is 20.1 Å². The minimum absolute atomic E-state index is 0.0228. The van der Waals surface area contributed by atoms with Crippen molar-refractivity contribution >= 4 is 28.9 Å². The molecule has 8 rings (SSSR count). The Morgan fingerprint density at radius 1 is 0.827 bits per heavy atom. The average molecular weight is 707 g/mol. The van der Waals surface area contributed by atoms with Crippen LogP contribution in [0.5, 0.6) is 11.5 Å². The van der Waals surface area contributed by atoms with Crippen LogP contribution in [0.15, 0.2) is 54.6 Å². The summed E-state index contributed by atoms with van der Waals surface area (Å²) in [6.45, 7) is 3.11. The SMILES string of the molecule is CNC(=O)CN1C2CCC1CN(c1cc(-c3ccc(C4CC[C@@H]5CN(c6cc(-c7ccccc7O)nnc6N)CC[C@@]5(O)C4)cc3O)nnc1N)C2. The summed E-state index contributed by atoms with van der Waals surface area (Å²) in [4.78, 5) is 18.8. The van der Waals surface area contributed by atoms with E-state index < -0.39 is 5.60 Å². The Morgan fingerprint density at radius 3 is 2.13 bits per heavy atom. The Balaban J connectivity index is 0.952. The lowest BCUT2D eigenvalue weighted by atomic mass is 9.66. The van der Waals surface area contributed by atoms with E-state index in [1.165, 1.54) is 0 Å². The van der Waals surface area contributed by atoms with Gasteiger partial charge in [-0.25, -0.2) is 0 Å². The molecular weight excluding hydrogens is 660 g/mol. The van der Waals surface area contributed by atoms with Crippen molar-refractivity contribution in [1.82, 2.24) is 30.6 Å². The number of piperidine rings is 1. The molecule has 1 aliphatic carbocycles. The molecule has 14 heteroatoms. The number of carbonyl (C=O) groups is 1. The molecule has 52 heavy (non-hydrogen) atoms. The average Bonchev–Trinajstić information content (AvgIpc) is 3.36. The minimum atomic E-state index is -0.857. The fourth-order valence-corrected chi connectivity index (χ4v) is 9.07. The number of benzene rings is 2. The van der Waals surface area contributed by atoms with Gasteiger partial charge in [-0.2, -0.15) is 0 Å². The van der Waals surface area contributed by atoms with Crippen molar-refractivity contribution in [1.29, 1.82) is 0 Å². The molecule has 0 spiro atoms. The summed E-state index contributed by atoms with van der Waals surface area (Å²) >= 11 is 0. The second-order valence-corrected chi connectivity index (χ2v) is 14.9. The molecule has 1 amide bonds. The summed E-state index contributed by atoms with van der Waals surface area (Å²) in [7, 11) is 1.67. The number of phenols is 2. The van der Waals surface area contributed by atoms with E-state index in [0.29, 0.717) is 66.6 Å². The maximum atomic E-state index is 12.1. The number of para-hydroxylation sites is 1. The van der Waals surface area contributed by atoms with E-state index in [1.807, 2.05) is 30.3 Å². The van der Waals surface area contributed by atoms with Crippen molar-refractivity contribution in [2.24, 2.45) is 5.92 Å². The quantitative estimate of drug-likeness (QED) is 0.164. The molecule has 3 saturated heterocycles. The Labute approximate surface area is 302 Å². The van der Waals surface area contributed by atoms with E-state index in [0.717, 1.165) is 55.7 Å². The van der Waals surface area contributed by atoms with Crippen LogP contribution in [0.4, 0.5) is 23.0 Å². The van der Waals surface area contributed by atoms with Crippen molar-refractivity contribution in [3.8, 4) is 34.0 Å². The van der Waals surface area contributed by atoms with Crippen LogP contribution in [0.2, 0.25) is 0 Å². The molecule has 5 heterocycles. The Hall–Kier alpha value is -5.21. The first-order valence-corrected chi connectivity index (χ1v) is 18.2. The minimum Gasteiger partial charge on any atom is -0.507 e. The summed E-state index contributed by atoms with van der Waals surface area (Å²) in [5, 5.41) is 53.5. The van der Waals surface area contributed by atoms with Crippen LogP contribution in [0.3, 0.4) is 0 Å². The van der Waals surface area contributed by atoms with E-state index >= 15 is 0 Å². The van der Waals surface area contributed by atoms with E-state index in [4.69, 9.17) is 11.5 Å². The lowest BCUT2D eigenvalue weighted by Crippen LogP contribution is -2.56. The highest BCUT2D eigenvalue weighted by Crippen LogP contribution is 2.48. The summed E-state index contributed by atoms with van der Waals surface area (Å²) < 4.78 is 0. The number of phenolic OH excluding ortho intramolecular Hbond substituents is 2. The first-order valence-electron chi connectivity index (χ1n) is 18.2. The second kappa shape index (κ2) is 13.4. The highest BCUT2D eigenvalue weighted by atomic mass is 16.3. The number of nitrogens with zero attached hydrogens (tertiary/aromatic N) is 7. The summed E-state index contributed by atoms with van der Waals surface area (Å²) in [6, 6.07) is 17.0. The molecule has 0 radical (unpaired) electrons. The Bertz CT molecular complexity index is 1980. The van der Waals surface area contributed by atoms with Crippen LogP contribution in [-0.4, -0.2) is 104 Å². The number of hydrogen-bond acceptors (Lipinski definition) is 13. The Kier molecular flexibility index (Phi) is 8.74. The lowest BCUT2D eigenvalue weighted by molar-refractivity contribution is -0.122. The molecule has 3 aliphatic heterocycles. The predicted octanol–water partition coefficient (Wildman–Crippen LogP) is 3.10. The van der Waals surface area contributed by atoms with Gasteiger partial charge in [0.1, 0.15) is 11.5 Å². The summed E-state index contributed by atoms with van der Waals surface area (Å²) in [5.41, 5.74) is 16.6. The number of aromatic hydroxyl groups is 2. The third-order valence-electron chi connectivity index (χ3n) is 12.0. The molecule has 2 aromatic heterocycles. The monoisotopic (exact) mass is 706 g/mol. The highest BCUT2D eigenvalue weighted by Gasteiger charge is 2.46. The van der Waals surface area contributed by atoms with Gasteiger partial charge in [-0.1, -0.05) is 18.2 Å². The number of likely N-dealkylation sites (N-methyl/N-ethyl adjacent to an activating group) is 1. The lowest BCUT2D eigenvalue weighted by Gasteiger charge is -2.50. The number of nitrogens with two attached hydrogens (primary N) is 2. The largest absolute Gasteiger partial charge is 0.507 e. The van der Waals surface area contributed by atoms with Gasteiger partial charge in [0.05, 0.1) is 34.9 Å². The molecule has 2 bridgehead atoms. The third-order valence-corrected chi connectivity index (χ3v) is 12.0. The summed E-state index contributed by atoms with van der Waals surface area (Å²) in [6.07, 6.45) is 4.90. The van der Waals surface area contributed by atoms with Crippen LogP contribution in [0.25, 0.3) is 22.5 Å². The smallest absolute Gasteiger partial charge is 0.233 e. The van der Waals surface area contributed by atoms with Gasteiger partial charge >= 0.3 is 0 Å². The topological polar surface area (TPSA) is 203 Å². The van der Waals surface area contributed by atoms with Gasteiger partial charge in [-0.05, 0) is 86.4 Å². The highest BCUT2D eigenvalue weighted by molar-refractivity contribution is 5.78. The first kappa shape index (κ1) is 33.9. The molecule has 4 fully saturated rings. The molecule has 14 nitrogen and oxygen atoms in total. The number of carbonyl (C=O) groups excluding carboxylic acids is 1. The normalized spacial score (nSPS) is 25.9. The van der Waals surface area contributed by atoms with Crippen LogP contribution in [0.1, 0.15) is 50.0 Å². The van der Waals surface area contributed by atoms with Crippen LogP contribution in [0, 0.1) is 5.92 Å². The van der Waals surface area contributed by atoms with E-state index in [9.17, 15) is 20.1 Å². The van der Waals surface area contributed by atoms with Gasteiger partial charge in [-0.3, -0.25) is 9.69 Å². The van der Waals surface area contributed by atoms with Gasteiger partial charge in [0.25, 0.3) is 0 Å². The number of nitrogen functional groups attached to an aromatic ring is 2. The zero-order valence-corrected chi connectivity index (χ0v) is 29.3. The number of nitrogens with one attached hydrogen (secondary N) is 1. The molecule has 4 aromatic rings. The molecular formula is C38H46N10O4. The number of rotatable bonds is 7. The molecule has 2 aromatic carbocycles. The Morgan fingerprint density at radius 2 is 1.48 bits per heavy atom. The number of fused-ring (bicyclic) bond motifs is 3. The molecule has 4 aliphatic rings. The number of hydrogen-bond donors (Lipinski definition) is 6. The third kappa shape index (κ3) is 6.19.